The smallest absolute Gasteiger partial charge is 0.264 e. The van der Waals surface area contributed by atoms with Crippen LogP contribution in [-0.2, 0) is 21.4 Å². The highest BCUT2D eigenvalue weighted by atomic mass is 32.2. The number of carbonyl (C=O) groups is 1. The molecule has 1 aliphatic rings. The van der Waals surface area contributed by atoms with Crippen LogP contribution in [0.2, 0.25) is 0 Å². The van der Waals surface area contributed by atoms with Crippen LogP contribution in [0.3, 0.4) is 0 Å². The molecule has 0 radical (unpaired) electrons. The molecule has 0 fully saturated rings. The van der Waals surface area contributed by atoms with E-state index in [-0.39, 0.29) is 23.4 Å². The molecule has 3 aromatic carbocycles. The van der Waals surface area contributed by atoms with Gasteiger partial charge >= 0.3 is 0 Å². The van der Waals surface area contributed by atoms with Gasteiger partial charge in [-0.25, -0.2) is 12.8 Å². The second-order valence-corrected chi connectivity index (χ2v) is 9.63. The fraction of sp³-hybridized carbons (Fsp3) is 0.240. The Balaban J connectivity index is 1.66. The van der Waals surface area contributed by atoms with E-state index in [1.54, 1.807) is 30.0 Å². The van der Waals surface area contributed by atoms with Crippen LogP contribution < -0.4 is 9.46 Å². The van der Waals surface area contributed by atoms with Crippen molar-refractivity contribution in [2.45, 2.75) is 43.9 Å². The zero-order valence-corrected chi connectivity index (χ0v) is 19.2. The number of sulfonamides is 1. The zero-order chi connectivity index (χ0) is 23.6. The van der Waals surface area contributed by atoms with E-state index in [4.69, 9.17) is 4.74 Å². The molecule has 1 aliphatic heterocycles. The molecule has 0 aliphatic carbocycles. The monoisotopic (exact) mass is 468 g/mol. The van der Waals surface area contributed by atoms with Gasteiger partial charge in [0.1, 0.15) is 11.6 Å². The van der Waals surface area contributed by atoms with E-state index >= 15 is 0 Å². The molecule has 33 heavy (non-hydrogen) atoms. The minimum Gasteiger partial charge on any atom is -0.481 e. The number of hydrogen-bond donors (Lipinski definition) is 1. The summed E-state index contributed by atoms with van der Waals surface area (Å²) >= 11 is 0. The molecule has 1 N–H and O–H groups in total. The number of benzene rings is 3. The first kappa shape index (κ1) is 22.8. The number of fused-ring (bicyclic) bond motifs is 1. The van der Waals surface area contributed by atoms with Crippen molar-refractivity contribution in [3.05, 3.63) is 89.7 Å². The summed E-state index contributed by atoms with van der Waals surface area (Å²) in [6.07, 6.45) is 0.0417. The molecular formula is C25H25FN2O4S. The molecule has 1 amide bonds. The quantitative estimate of drug-likeness (QED) is 0.559. The molecule has 0 saturated carbocycles. The lowest BCUT2D eigenvalue weighted by Gasteiger charge is -2.31. The van der Waals surface area contributed by atoms with Gasteiger partial charge in [0.2, 0.25) is 0 Å². The van der Waals surface area contributed by atoms with E-state index in [1.165, 1.54) is 12.1 Å². The van der Waals surface area contributed by atoms with E-state index < -0.39 is 21.9 Å². The molecule has 0 saturated heterocycles. The van der Waals surface area contributed by atoms with Gasteiger partial charge in [-0.05, 0) is 61.4 Å². The maximum absolute atomic E-state index is 13.2. The first-order valence-electron chi connectivity index (χ1n) is 10.7. The Labute approximate surface area is 193 Å². The predicted octanol–water partition coefficient (Wildman–Crippen LogP) is 4.89. The summed E-state index contributed by atoms with van der Waals surface area (Å²) in [5, 5.41) is 0. The Kier molecular flexibility index (Phi) is 6.37. The molecule has 8 heteroatoms. The lowest BCUT2D eigenvalue weighted by atomic mass is 10.0. The van der Waals surface area contributed by atoms with E-state index in [9.17, 15) is 17.6 Å². The molecule has 0 bridgehead atoms. The average molecular weight is 469 g/mol. The van der Waals surface area contributed by atoms with E-state index in [0.29, 0.717) is 23.4 Å². The summed E-state index contributed by atoms with van der Waals surface area (Å²) in [5.41, 5.74) is 2.05. The number of nitrogens with zero attached hydrogens (tertiary/aromatic N) is 1. The summed E-state index contributed by atoms with van der Waals surface area (Å²) in [4.78, 5) is 14.9. The van der Waals surface area contributed by atoms with Crippen LogP contribution in [0.4, 0.5) is 10.1 Å². The van der Waals surface area contributed by atoms with Gasteiger partial charge in [0.15, 0.2) is 6.10 Å². The van der Waals surface area contributed by atoms with Gasteiger partial charge in [-0.15, -0.1) is 0 Å². The number of nitrogens with one attached hydrogen (secondary N) is 1. The highest BCUT2D eigenvalue weighted by Gasteiger charge is 2.33. The first-order valence-corrected chi connectivity index (χ1v) is 12.2. The van der Waals surface area contributed by atoms with E-state index in [0.717, 1.165) is 17.7 Å². The van der Waals surface area contributed by atoms with Crippen molar-refractivity contribution in [3.63, 3.8) is 0 Å². The van der Waals surface area contributed by atoms with Crippen molar-refractivity contribution in [3.8, 4) is 5.75 Å². The molecule has 1 heterocycles. The first-order chi connectivity index (χ1) is 15.8. The Morgan fingerprint density at radius 1 is 1.09 bits per heavy atom. The third-order valence-electron chi connectivity index (χ3n) is 5.66. The highest BCUT2D eigenvalue weighted by molar-refractivity contribution is 7.92. The topological polar surface area (TPSA) is 75.7 Å². The molecule has 172 valence electrons. The highest BCUT2D eigenvalue weighted by Crippen LogP contribution is 2.34. The van der Waals surface area contributed by atoms with Crippen LogP contribution >= 0.6 is 0 Å². The van der Waals surface area contributed by atoms with Gasteiger partial charge in [0.25, 0.3) is 15.9 Å². The second-order valence-electron chi connectivity index (χ2n) is 7.94. The minimum absolute atomic E-state index is 0.0457. The maximum Gasteiger partial charge on any atom is 0.264 e. The van der Waals surface area contributed by atoms with Crippen molar-refractivity contribution in [1.82, 2.24) is 4.90 Å². The third kappa shape index (κ3) is 4.85. The Morgan fingerprint density at radius 3 is 2.45 bits per heavy atom. The fourth-order valence-corrected chi connectivity index (χ4v) is 5.07. The van der Waals surface area contributed by atoms with Crippen LogP contribution in [0.5, 0.6) is 5.75 Å². The van der Waals surface area contributed by atoms with Gasteiger partial charge in [-0.3, -0.25) is 9.52 Å². The maximum atomic E-state index is 13.2. The lowest BCUT2D eigenvalue weighted by molar-refractivity contribution is -0.140. The van der Waals surface area contributed by atoms with Crippen molar-refractivity contribution >= 4 is 21.6 Å². The summed E-state index contributed by atoms with van der Waals surface area (Å²) in [5.74, 6) is -0.111. The van der Waals surface area contributed by atoms with Gasteiger partial charge in [-0.1, -0.05) is 37.3 Å². The van der Waals surface area contributed by atoms with Gasteiger partial charge in [0, 0.05) is 11.3 Å². The normalized spacial score (nSPS) is 17.0. The molecule has 2 atom stereocenters. The van der Waals surface area contributed by atoms with Gasteiger partial charge in [-0.2, -0.15) is 0 Å². The standard InChI is InChI=1S/C25H25FN2O4S/c1-3-23(18-7-5-4-6-8-18)28-16-19-15-21(11-14-24(19)32-17(2)25(28)29)27-33(30,31)22-12-9-20(26)10-13-22/h4-15,17,23,27H,3,16H2,1-2H3. The fourth-order valence-electron chi connectivity index (χ4n) is 4.02. The van der Waals surface area contributed by atoms with E-state index in [2.05, 4.69) is 4.72 Å². The Morgan fingerprint density at radius 2 is 1.79 bits per heavy atom. The van der Waals surface area contributed by atoms with Crippen LogP contribution in [0.25, 0.3) is 0 Å². The van der Waals surface area contributed by atoms with Crippen molar-refractivity contribution in [2.75, 3.05) is 4.72 Å². The summed E-state index contributed by atoms with van der Waals surface area (Å²) in [7, 11) is -3.90. The number of hydrogen-bond acceptors (Lipinski definition) is 4. The summed E-state index contributed by atoms with van der Waals surface area (Å²) in [6, 6.07) is 19.2. The molecule has 2 unspecified atom stereocenters. The predicted molar refractivity (Wildman–Crippen MR) is 124 cm³/mol. The molecule has 4 rings (SSSR count). The Hall–Kier alpha value is -3.39. The number of rotatable bonds is 6. The minimum atomic E-state index is -3.90. The SMILES string of the molecule is CCC(c1ccccc1)N1Cc2cc(NS(=O)(=O)c3ccc(F)cc3)ccc2OC(C)C1=O. The molecule has 0 spiro atoms. The lowest BCUT2D eigenvalue weighted by Crippen LogP contribution is -2.40. The average Bonchev–Trinajstić information content (AvgIpc) is 2.92. The number of anilines is 1. The number of halogens is 1. The largest absolute Gasteiger partial charge is 0.481 e. The van der Waals surface area contributed by atoms with Crippen LogP contribution in [0.15, 0.2) is 77.7 Å². The number of amides is 1. The van der Waals surface area contributed by atoms with Crippen LogP contribution in [-0.4, -0.2) is 25.3 Å². The third-order valence-corrected chi connectivity index (χ3v) is 7.06. The molecule has 0 aromatic heterocycles. The van der Waals surface area contributed by atoms with Gasteiger partial charge in [0.05, 0.1) is 17.5 Å². The molecular weight excluding hydrogens is 443 g/mol. The summed E-state index contributed by atoms with van der Waals surface area (Å²) < 4.78 is 47.1. The van der Waals surface area contributed by atoms with Gasteiger partial charge < -0.3 is 9.64 Å². The Bertz CT molecular complexity index is 1250. The zero-order valence-electron chi connectivity index (χ0n) is 18.4. The molecule has 3 aromatic rings. The van der Waals surface area contributed by atoms with Crippen molar-refractivity contribution < 1.29 is 22.3 Å². The van der Waals surface area contributed by atoms with Crippen LogP contribution in [0, 0.1) is 5.82 Å². The van der Waals surface area contributed by atoms with Crippen molar-refractivity contribution in [1.29, 1.82) is 0 Å². The molecule has 6 nitrogen and oxygen atoms in total. The van der Waals surface area contributed by atoms with E-state index in [1.807, 2.05) is 37.3 Å². The number of carbonyl (C=O) groups excluding carboxylic acids is 1. The van der Waals surface area contributed by atoms with Crippen LogP contribution in [0.1, 0.15) is 37.4 Å². The number of ether oxygens (including phenoxy) is 1. The van der Waals surface area contributed by atoms with Crippen molar-refractivity contribution in [2.24, 2.45) is 0 Å². The summed E-state index contributed by atoms with van der Waals surface area (Å²) in [6.45, 7) is 4.01. The second kappa shape index (κ2) is 9.23.